The zero-order chi connectivity index (χ0) is 16.8. The van der Waals surface area contributed by atoms with Gasteiger partial charge < -0.3 is 9.84 Å². The van der Waals surface area contributed by atoms with Gasteiger partial charge in [0.05, 0.1) is 0 Å². The predicted octanol–water partition coefficient (Wildman–Crippen LogP) is 3.41. The topological polar surface area (TPSA) is 68.0 Å². The normalized spacial score (nSPS) is 26.0. The van der Waals surface area contributed by atoms with Gasteiger partial charge in [-0.1, -0.05) is 11.6 Å². The summed E-state index contributed by atoms with van der Waals surface area (Å²) in [7, 11) is 0. The summed E-state index contributed by atoms with van der Waals surface area (Å²) < 4.78 is 18.6. The largest absolute Gasteiger partial charge is 0.344 e. The summed E-state index contributed by atoms with van der Waals surface area (Å²) in [6.45, 7) is 3.53. The van der Waals surface area contributed by atoms with Crippen LogP contribution in [0.15, 0.2) is 22.7 Å². The summed E-state index contributed by atoms with van der Waals surface area (Å²) in [6.07, 6.45) is 3.59. The summed E-state index contributed by atoms with van der Waals surface area (Å²) in [5, 5.41) is 6.92. The van der Waals surface area contributed by atoms with Gasteiger partial charge in [0.15, 0.2) is 0 Å². The van der Waals surface area contributed by atoms with Crippen molar-refractivity contribution in [3.63, 3.8) is 0 Å². The number of halogens is 1. The van der Waals surface area contributed by atoms with E-state index in [1.807, 2.05) is 6.92 Å². The Bertz CT molecular complexity index is 778. The highest BCUT2D eigenvalue weighted by atomic mass is 19.1. The molecule has 5 nitrogen and oxygen atoms in total. The molecular formula is C18H20FN3O2. The van der Waals surface area contributed by atoms with Gasteiger partial charge >= 0.3 is 0 Å². The Balaban J connectivity index is 1.44. The number of rotatable bonds is 4. The maximum Gasteiger partial charge on any atom is 0.249 e. The van der Waals surface area contributed by atoms with E-state index < -0.39 is 0 Å². The number of benzene rings is 1. The maximum atomic E-state index is 13.4. The molecule has 1 amide bonds. The molecule has 1 aromatic heterocycles. The van der Waals surface area contributed by atoms with Crippen molar-refractivity contribution in [2.45, 2.75) is 39.2 Å². The van der Waals surface area contributed by atoms with Gasteiger partial charge in [-0.25, -0.2) is 4.39 Å². The van der Waals surface area contributed by atoms with Gasteiger partial charge in [0, 0.05) is 11.5 Å². The Labute approximate surface area is 139 Å². The first-order valence-electron chi connectivity index (χ1n) is 8.45. The molecule has 1 heterocycles. The van der Waals surface area contributed by atoms with Crippen molar-refractivity contribution in [3.8, 4) is 11.4 Å². The van der Waals surface area contributed by atoms with Crippen molar-refractivity contribution in [2.75, 3.05) is 0 Å². The van der Waals surface area contributed by atoms with Crippen LogP contribution in [0.4, 0.5) is 4.39 Å². The predicted molar refractivity (Wildman–Crippen MR) is 85.3 cm³/mol. The summed E-state index contributed by atoms with van der Waals surface area (Å²) in [4.78, 5) is 16.7. The molecule has 2 aliphatic rings. The molecule has 2 saturated carbocycles. The van der Waals surface area contributed by atoms with Gasteiger partial charge in [-0.2, -0.15) is 4.98 Å². The number of hydrogen-bond donors (Lipinski definition) is 1. The first-order valence-corrected chi connectivity index (χ1v) is 8.45. The number of aryl methyl sites for hydroxylation is 1. The molecule has 4 atom stereocenters. The van der Waals surface area contributed by atoms with Crippen molar-refractivity contribution in [3.05, 3.63) is 35.5 Å². The number of aromatic nitrogens is 2. The molecule has 0 aliphatic heterocycles. The molecule has 126 valence electrons. The SMILES string of the molecule is Cc1cc(-c2noc([C@H](C)NC(=O)C3[C@H]4CCC[C@@H]34)n2)ccc1F. The Morgan fingerprint density at radius 2 is 2.12 bits per heavy atom. The van der Waals surface area contributed by atoms with Gasteiger partial charge in [-0.15, -0.1) is 0 Å². The third-order valence-electron chi connectivity index (χ3n) is 5.30. The molecular weight excluding hydrogens is 309 g/mol. The number of amides is 1. The van der Waals surface area contributed by atoms with Gasteiger partial charge in [-0.05, 0) is 62.3 Å². The van der Waals surface area contributed by atoms with Crippen LogP contribution < -0.4 is 5.32 Å². The molecule has 2 fully saturated rings. The van der Waals surface area contributed by atoms with E-state index in [2.05, 4.69) is 15.5 Å². The van der Waals surface area contributed by atoms with Gasteiger partial charge in [0.1, 0.15) is 11.9 Å². The highest BCUT2D eigenvalue weighted by Gasteiger charge is 2.56. The average molecular weight is 329 g/mol. The Kier molecular flexibility index (Phi) is 3.62. The number of fused-ring (bicyclic) bond motifs is 1. The van der Waals surface area contributed by atoms with Crippen LogP contribution in [0.3, 0.4) is 0 Å². The van der Waals surface area contributed by atoms with Crippen molar-refractivity contribution in [1.29, 1.82) is 0 Å². The van der Waals surface area contributed by atoms with Crippen molar-refractivity contribution in [2.24, 2.45) is 17.8 Å². The molecule has 2 aliphatic carbocycles. The smallest absolute Gasteiger partial charge is 0.249 e. The second-order valence-corrected chi connectivity index (χ2v) is 6.93. The van der Waals surface area contributed by atoms with Crippen LogP contribution in [0.1, 0.15) is 43.7 Å². The minimum absolute atomic E-state index is 0.0922. The van der Waals surface area contributed by atoms with Crippen LogP contribution in [0.2, 0.25) is 0 Å². The maximum absolute atomic E-state index is 13.4. The third kappa shape index (κ3) is 2.60. The molecule has 6 heteroatoms. The standard InChI is InChI=1S/C18H20FN3O2/c1-9-8-11(6-7-14(9)19)16-21-18(24-22-16)10(2)20-17(23)15-12-4-3-5-13(12)15/h6-8,10,12-13,15H,3-5H2,1-2H3,(H,20,23)/t10-,12-,13+,15?/m0/s1. The van der Waals surface area contributed by atoms with Crippen LogP contribution in [-0.2, 0) is 4.79 Å². The van der Waals surface area contributed by atoms with Crippen LogP contribution in [0.25, 0.3) is 11.4 Å². The molecule has 0 radical (unpaired) electrons. The van der Waals surface area contributed by atoms with Crippen molar-refractivity contribution >= 4 is 5.91 Å². The minimum Gasteiger partial charge on any atom is -0.344 e. The van der Waals surface area contributed by atoms with Crippen LogP contribution in [0, 0.1) is 30.5 Å². The highest BCUT2D eigenvalue weighted by Crippen LogP contribution is 2.57. The van der Waals surface area contributed by atoms with E-state index in [-0.39, 0.29) is 23.7 Å². The highest BCUT2D eigenvalue weighted by molar-refractivity contribution is 5.82. The molecule has 1 unspecified atom stereocenters. The summed E-state index contributed by atoms with van der Waals surface area (Å²) in [5.74, 6) is 1.93. The number of carbonyl (C=O) groups excluding carboxylic acids is 1. The lowest BCUT2D eigenvalue weighted by atomic mass is 10.1. The van der Waals surface area contributed by atoms with E-state index in [0.29, 0.717) is 34.7 Å². The molecule has 0 bridgehead atoms. The minimum atomic E-state index is -0.332. The quantitative estimate of drug-likeness (QED) is 0.933. The van der Waals surface area contributed by atoms with Crippen LogP contribution in [0.5, 0.6) is 0 Å². The molecule has 1 aromatic carbocycles. The zero-order valence-electron chi connectivity index (χ0n) is 13.8. The average Bonchev–Trinajstić information content (AvgIpc) is 2.96. The summed E-state index contributed by atoms with van der Waals surface area (Å²) >= 11 is 0. The molecule has 24 heavy (non-hydrogen) atoms. The lowest BCUT2D eigenvalue weighted by Gasteiger charge is -2.10. The number of nitrogens with zero attached hydrogens (tertiary/aromatic N) is 2. The van der Waals surface area contributed by atoms with Crippen molar-refractivity contribution < 1.29 is 13.7 Å². The fourth-order valence-electron chi connectivity index (χ4n) is 3.89. The summed E-state index contributed by atoms with van der Waals surface area (Å²) in [6, 6.07) is 4.35. The van der Waals surface area contributed by atoms with Gasteiger partial charge in [0.2, 0.25) is 17.6 Å². The van der Waals surface area contributed by atoms with Gasteiger partial charge in [-0.3, -0.25) is 4.79 Å². The lowest BCUT2D eigenvalue weighted by molar-refractivity contribution is -0.123. The van der Waals surface area contributed by atoms with Crippen LogP contribution >= 0.6 is 0 Å². The Hall–Kier alpha value is -2.24. The number of nitrogens with one attached hydrogen (secondary N) is 1. The van der Waals surface area contributed by atoms with E-state index in [1.54, 1.807) is 19.1 Å². The van der Waals surface area contributed by atoms with E-state index in [1.165, 1.54) is 25.3 Å². The second kappa shape index (κ2) is 5.69. The van der Waals surface area contributed by atoms with Crippen LogP contribution in [-0.4, -0.2) is 16.0 Å². The van der Waals surface area contributed by atoms with E-state index >= 15 is 0 Å². The zero-order valence-corrected chi connectivity index (χ0v) is 13.8. The fourth-order valence-corrected chi connectivity index (χ4v) is 3.89. The fraction of sp³-hybridized carbons (Fsp3) is 0.500. The molecule has 0 saturated heterocycles. The molecule has 0 spiro atoms. The molecule has 2 aromatic rings. The number of carbonyl (C=O) groups is 1. The lowest BCUT2D eigenvalue weighted by Crippen LogP contribution is -2.29. The first-order chi connectivity index (χ1) is 11.5. The van der Waals surface area contributed by atoms with Crippen molar-refractivity contribution in [1.82, 2.24) is 15.5 Å². The molecule has 1 N–H and O–H groups in total. The number of hydrogen-bond acceptors (Lipinski definition) is 4. The second-order valence-electron chi connectivity index (χ2n) is 6.93. The third-order valence-corrected chi connectivity index (χ3v) is 5.30. The Morgan fingerprint density at radius 3 is 2.83 bits per heavy atom. The van der Waals surface area contributed by atoms with E-state index in [9.17, 15) is 9.18 Å². The van der Waals surface area contributed by atoms with Gasteiger partial charge in [0.25, 0.3) is 0 Å². The first kappa shape index (κ1) is 15.3. The summed E-state index contributed by atoms with van der Waals surface area (Å²) in [5.41, 5.74) is 1.22. The molecule has 4 rings (SSSR count). The monoisotopic (exact) mass is 329 g/mol. The Morgan fingerprint density at radius 1 is 1.38 bits per heavy atom. The van der Waals surface area contributed by atoms with E-state index in [4.69, 9.17) is 4.52 Å². The van der Waals surface area contributed by atoms with E-state index in [0.717, 1.165) is 0 Å².